The third kappa shape index (κ3) is 3.46. The van der Waals surface area contributed by atoms with E-state index in [1.165, 1.54) is 38.5 Å². The zero-order valence-electron chi connectivity index (χ0n) is 12.7. The Morgan fingerprint density at radius 2 is 1.79 bits per heavy atom. The van der Waals surface area contributed by atoms with E-state index in [-0.39, 0.29) is 11.0 Å². The lowest BCUT2D eigenvalue weighted by Crippen LogP contribution is -2.55. The van der Waals surface area contributed by atoms with Gasteiger partial charge >= 0.3 is 0 Å². The Hall–Kier alpha value is 0.210. The molecule has 2 rings (SSSR count). The molecule has 2 atom stereocenters. The van der Waals surface area contributed by atoms with Crippen LogP contribution < -0.4 is 0 Å². The van der Waals surface area contributed by atoms with Crippen LogP contribution in [0.3, 0.4) is 0 Å². The fourth-order valence-corrected chi connectivity index (χ4v) is 4.02. The minimum Gasteiger partial charge on any atom is -0.379 e. The number of hydrogen-bond donors (Lipinski definition) is 0. The number of rotatable bonds is 5. The second-order valence-corrected chi connectivity index (χ2v) is 7.45. The van der Waals surface area contributed by atoms with Crippen LogP contribution in [0.15, 0.2) is 0 Å². The molecule has 0 aromatic heterocycles. The van der Waals surface area contributed by atoms with Crippen LogP contribution in [0.1, 0.15) is 65.2 Å². The summed E-state index contributed by atoms with van der Waals surface area (Å²) >= 11 is 6.54. The summed E-state index contributed by atoms with van der Waals surface area (Å²) in [5.41, 5.74) is 0.204. The van der Waals surface area contributed by atoms with Crippen LogP contribution in [0.2, 0.25) is 0 Å². The van der Waals surface area contributed by atoms with Gasteiger partial charge in [0.15, 0.2) is 0 Å². The summed E-state index contributed by atoms with van der Waals surface area (Å²) in [6, 6.07) is 0. The SMILES string of the molecule is COC(C)(C)CCOC1CC(Cl)C12CCCCCC2. The molecule has 1 spiro atoms. The molecule has 0 radical (unpaired) electrons. The van der Waals surface area contributed by atoms with Gasteiger partial charge in [-0.25, -0.2) is 0 Å². The molecule has 0 aromatic carbocycles. The maximum atomic E-state index is 6.54. The molecule has 2 aliphatic carbocycles. The van der Waals surface area contributed by atoms with Crippen molar-refractivity contribution >= 4 is 11.6 Å². The molecular formula is C16H29ClO2. The Balaban J connectivity index is 1.83. The highest BCUT2D eigenvalue weighted by Crippen LogP contribution is 2.55. The number of hydrogen-bond acceptors (Lipinski definition) is 2. The van der Waals surface area contributed by atoms with E-state index < -0.39 is 0 Å². The highest BCUT2D eigenvalue weighted by molar-refractivity contribution is 6.21. The Bertz CT molecular complexity index is 282. The van der Waals surface area contributed by atoms with Gasteiger partial charge in [-0.3, -0.25) is 0 Å². The molecule has 0 heterocycles. The maximum absolute atomic E-state index is 6.54. The van der Waals surface area contributed by atoms with Crippen LogP contribution in [-0.2, 0) is 9.47 Å². The highest BCUT2D eigenvalue weighted by Gasteiger charge is 2.54. The van der Waals surface area contributed by atoms with Crippen molar-refractivity contribution < 1.29 is 9.47 Å². The molecule has 0 aliphatic heterocycles. The molecule has 2 fully saturated rings. The van der Waals surface area contributed by atoms with Gasteiger partial charge in [0.1, 0.15) is 0 Å². The highest BCUT2D eigenvalue weighted by atomic mass is 35.5. The summed E-state index contributed by atoms with van der Waals surface area (Å²) in [5.74, 6) is 0. The molecule has 2 nitrogen and oxygen atoms in total. The number of halogens is 1. The normalized spacial score (nSPS) is 30.9. The quantitative estimate of drug-likeness (QED) is 0.692. The van der Waals surface area contributed by atoms with E-state index in [0.717, 1.165) is 19.4 Å². The summed E-state index contributed by atoms with van der Waals surface area (Å²) in [6.45, 7) is 5.02. The Morgan fingerprint density at radius 1 is 1.16 bits per heavy atom. The smallest absolute Gasteiger partial charge is 0.0659 e. The van der Waals surface area contributed by atoms with Crippen LogP contribution in [-0.4, -0.2) is 30.8 Å². The van der Waals surface area contributed by atoms with Crippen molar-refractivity contribution in [1.82, 2.24) is 0 Å². The summed E-state index contributed by atoms with van der Waals surface area (Å²) in [5, 5.41) is 0.339. The summed E-state index contributed by atoms with van der Waals surface area (Å²) < 4.78 is 11.6. The van der Waals surface area contributed by atoms with Crippen LogP contribution in [0.25, 0.3) is 0 Å². The lowest BCUT2D eigenvalue weighted by atomic mass is 9.61. The first-order valence-corrected chi connectivity index (χ1v) is 8.25. The van der Waals surface area contributed by atoms with Gasteiger partial charge in [-0.05, 0) is 39.5 Å². The summed E-state index contributed by atoms with van der Waals surface area (Å²) in [7, 11) is 1.77. The van der Waals surface area contributed by atoms with E-state index in [4.69, 9.17) is 21.1 Å². The fraction of sp³-hybridized carbons (Fsp3) is 1.00. The van der Waals surface area contributed by atoms with Gasteiger partial charge in [0, 0.05) is 24.5 Å². The first-order chi connectivity index (χ1) is 9.00. The zero-order chi connectivity index (χ0) is 13.9. The van der Waals surface area contributed by atoms with Gasteiger partial charge in [0.05, 0.1) is 11.7 Å². The van der Waals surface area contributed by atoms with Crippen LogP contribution in [0.4, 0.5) is 0 Å². The van der Waals surface area contributed by atoms with E-state index >= 15 is 0 Å². The Morgan fingerprint density at radius 3 is 2.32 bits per heavy atom. The molecule has 2 saturated carbocycles. The predicted molar refractivity (Wildman–Crippen MR) is 79.8 cm³/mol. The number of alkyl halides is 1. The molecule has 19 heavy (non-hydrogen) atoms. The molecule has 2 unspecified atom stereocenters. The van der Waals surface area contributed by atoms with Crippen LogP contribution in [0.5, 0.6) is 0 Å². The van der Waals surface area contributed by atoms with E-state index in [1.807, 2.05) is 0 Å². The summed E-state index contributed by atoms with van der Waals surface area (Å²) in [4.78, 5) is 0. The number of ether oxygens (including phenoxy) is 2. The third-order valence-corrected chi connectivity index (χ3v) is 5.91. The fourth-order valence-electron chi connectivity index (χ4n) is 3.50. The molecule has 112 valence electrons. The molecule has 0 bridgehead atoms. The lowest BCUT2D eigenvalue weighted by Gasteiger charge is -2.53. The topological polar surface area (TPSA) is 18.5 Å². The standard InChI is InChI=1S/C16H29ClO2/c1-15(2,18-3)10-11-19-14-12-13(17)16(14)8-6-4-5-7-9-16/h13-14H,4-12H2,1-3H3. The van der Waals surface area contributed by atoms with E-state index in [1.54, 1.807) is 7.11 Å². The van der Waals surface area contributed by atoms with Crippen molar-refractivity contribution in [3.05, 3.63) is 0 Å². The Kier molecular flexibility index (Phi) is 5.19. The van der Waals surface area contributed by atoms with Crippen LogP contribution in [0, 0.1) is 5.41 Å². The predicted octanol–water partition coefficient (Wildman–Crippen LogP) is 4.54. The Labute approximate surface area is 123 Å². The van der Waals surface area contributed by atoms with Gasteiger partial charge in [0.25, 0.3) is 0 Å². The van der Waals surface area contributed by atoms with E-state index in [9.17, 15) is 0 Å². The lowest BCUT2D eigenvalue weighted by molar-refractivity contribution is -0.126. The largest absolute Gasteiger partial charge is 0.379 e. The molecular weight excluding hydrogens is 260 g/mol. The van der Waals surface area contributed by atoms with Crippen molar-refractivity contribution in [2.75, 3.05) is 13.7 Å². The third-order valence-electron chi connectivity index (χ3n) is 5.30. The van der Waals surface area contributed by atoms with Crippen LogP contribution >= 0.6 is 11.6 Å². The average Bonchev–Trinajstić information content (AvgIpc) is 2.65. The maximum Gasteiger partial charge on any atom is 0.0659 e. The van der Waals surface area contributed by atoms with Gasteiger partial charge in [0.2, 0.25) is 0 Å². The van der Waals surface area contributed by atoms with Crippen molar-refractivity contribution in [2.45, 2.75) is 82.3 Å². The van der Waals surface area contributed by atoms with Crippen molar-refractivity contribution in [3.63, 3.8) is 0 Å². The molecule has 3 heteroatoms. The van der Waals surface area contributed by atoms with Gasteiger partial charge in [-0.1, -0.05) is 25.7 Å². The van der Waals surface area contributed by atoms with E-state index in [2.05, 4.69) is 13.8 Å². The first-order valence-electron chi connectivity index (χ1n) is 7.81. The monoisotopic (exact) mass is 288 g/mol. The van der Waals surface area contributed by atoms with Gasteiger partial charge in [-0.2, -0.15) is 0 Å². The summed E-state index contributed by atoms with van der Waals surface area (Å²) in [6.07, 6.45) is 10.3. The first kappa shape index (κ1) is 15.6. The van der Waals surface area contributed by atoms with E-state index in [0.29, 0.717) is 11.5 Å². The zero-order valence-corrected chi connectivity index (χ0v) is 13.5. The van der Waals surface area contributed by atoms with Crippen molar-refractivity contribution in [1.29, 1.82) is 0 Å². The van der Waals surface area contributed by atoms with Crippen molar-refractivity contribution in [3.8, 4) is 0 Å². The second kappa shape index (κ2) is 6.32. The molecule has 2 aliphatic rings. The second-order valence-electron chi connectivity index (χ2n) is 6.92. The minimum absolute atomic E-state index is 0.0826. The minimum atomic E-state index is -0.0826. The molecule has 0 aromatic rings. The average molecular weight is 289 g/mol. The van der Waals surface area contributed by atoms with Crippen molar-refractivity contribution in [2.24, 2.45) is 5.41 Å². The number of methoxy groups -OCH3 is 1. The van der Waals surface area contributed by atoms with Gasteiger partial charge in [-0.15, -0.1) is 11.6 Å². The molecule has 0 amide bonds. The molecule has 0 saturated heterocycles. The van der Waals surface area contributed by atoms with Gasteiger partial charge < -0.3 is 9.47 Å². The molecule has 0 N–H and O–H groups in total.